The summed E-state index contributed by atoms with van der Waals surface area (Å²) in [7, 11) is 0. The normalized spacial score (nSPS) is 13.2. The van der Waals surface area contributed by atoms with Gasteiger partial charge >= 0.3 is 6.18 Å². The highest BCUT2D eigenvalue weighted by Crippen LogP contribution is 2.33. The summed E-state index contributed by atoms with van der Waals surface area (Å²) in [6.45, 7) is 1.85. The first-order valence-corrected chi connectivity index (χ1v) is 9.98. The lowest BCUT2D eigenvalue weighted by Crippen LogP contribution is -2.27. The molecule has 0 aliphatic carbocycles. The molecule has 0 radical (unpaired) electrons. The summed E-state index contributed by atoms with van der Waals surface area (Å²) in [6, 6.07) is 16.2. The third-order valence-corrected chi connectivity index (χ3v) is 5.82. The average molecular weight is 437 g/mol. The molecular formula is C21H19F3N2OS2. The van der Waals surface area contributed by atoms with E-state index in [0.29, 0.717) is 16.2 Å². The van der Waals surface area contributed by atoms with Crippen LogP contribution in [0.25, 0.3) is 0 Å². The number of halogens is 3. The number of benzene rings is 2. The zero-order valence-corrected chi connectivity index (χ0v) is 17.3. The minimum atomic E-state index is -4.39. The van der Waals surface area contributed by atoms with Gasteiger partial charge < -0.3 is 5.32 Å². The Kier molecular flexibility index (Phi) is 7.82. The van der Waals surface area contributed by atoms with E-state index in [4.69, 9.17) is 12.2 Å². The monoisotopic (exact) mass is 436 g/mol. The predicted molar refractivity (Wildman–Crippen MR) is 112 cm³/mol. The van der Waals surface area contributed by atoms with Gasteiger partial charge in [0.2, 0.25) is 5.91 Å². The van der Waals surface area contributed by atoms with E-state index < -0.39 is 16.5 Å². The standard InChI is InChI=1S/C21H19F3N2OS2/c1-20(14-25,29-19(28)16-5-3-2-4-6-16)12-11-18(27)26-13-15-7-9-17(10-8-15)21(22,23)24/h2-10H,11-13H2,1H3,(H,26,27). The van der Waals surface area contributed by atoms with E-state index in [1.165, 1.54) is 23.9 Å². The number of alkyl halides is 3. The molecule has 0 bridgehead atoms. The van der Waals surface area contributed by atoms with Crippen molar-refractivity contribution in [3.63, 3.8) is 0 Å². The largest absolute Gasteiger partial charge is 0.416 e. The van der Waals surface area contributed by atoms with Gasteiger partial charge in [-0.3, -0.25) is 4.79 Å². The maximum absolute atomic E-state index is 12.6. The molecule has 8 heteroatoms. The summed E-state index contributed by atoms with van der Waals surface area (Å²) in [5, 5.41) is 12.2. The molecule has 0 aromatic heterocycles. The molecule has 152 valence electrons. The summed E-state index contributed by atoms with van der Waals surface area (Å²) in [5.41, 5.74) is 0.679. The molecular weight excluding hydrogens is 417 g/mol. The van der Waals surface area contributed by atoms with E-state index >= 15 is 0 Å². The van der Waals surface area contributed by atoms with Gasteiger partial charge in [-0.2, -0.15) is 18.4 Å². The molecule has 3 nitrogen and oxygen atoms in total. The molecule has 1 unspecified atom stereocenters. The molecule has 0 saturated heterocycles. The minimum Gasteiger partial charge on any atom is -0.352 e. The molecule has 2 aromatic carbocycles. The minimum absolute atomic E-state index is 0.106. The van der Waals surface area contributed by atoms with Crippen molar-refractivity contribution < 1.29 is 18.0 Å². The Labute approximate surface area is 177 Å². The van der Waals surface area contributed by atoms with E-state index in [1.54, 1.807) is 6.92 Å². The molecule has 0 heterocycles. The van der Waals surface area contributed by atoms with Gasteiger partial charge in [-0.15, -0.1) is 0 Å². The molecule has 1 amide bonds. The maximum Gasteiger partial charge on any atom is 0.416 e. The molecule has 0 spiro atoms. The van der Waals surface area contributed by atoms with Crippen LogP contribution in [0.1, 0.15) is 36.5 Å². The van der Waals surface area contributed by atoms with Gasteiger partial charge in [0.05, 0.1) is 15.8 Å². The van der Waals surface area contributed by atoms with Crippen molar-refractivity contribution in [1.29, 1.82) is 5.26 Å². The maximum atomic E-state index is 12.6. The molecule has 0 aliphatic rings. The number of carbonyl (C=O) groups is 1. The van der Waals surface area contributed by atoms with Gasteiger partial charge in [-0.05, 0) is 36.6 Å². The van der Waals surface area contributed by atoms with Crippen LogP contribution < -0.4 is 5.32 Å². The van der Waals surface area contributed by atoms with Crippen LogP contribution in [0.3, 0.4) is 0 Å². The lowest BCUT2D eigenvalue weighted by molar-refractivity contribution is -0.137. The summed E-state index contributed by atoms with van der Waals surface area (Å²) >= 11 is 6.64. The lowest BCUT2D eigenvalue weighted by Gasteiger charge is -2.21. The first kappa shape index (κ1) is 22.9. The van der Waals surface area contributed by atoms with E-state index in [9.17, 15) is 23.2 Å². The van der Waals surface area contributed by atoms with Crippen molar-refractivity contribution in [2.45, 2.75) is 37.2 Å². The third-order valence-electron chi connectivity index (χ3n) is 4.16. The number of amides is 1. The Bertz CT molecular complexity index is 893. The highest BCUT2D eigenvalue weighted by atomic mass is 32.2. The van der Waals surface area contributed by atoms with Crippen molar-refractivity contribution in [3.8, 4) is 6.07 Å². The van der Waals surface area contributed by atoms with Crippen LogP contribution in [0.15, 0.2) is 54.6 Å². The smallest absolute Gasteiger partial charge is 0.352 e. The summed E-state index contributed by atoms with van der Waals surface area (Å²) in [6.07, 6.45) is -3.99. The number of thioether (sulfide) groups is 1. The zero-order chi connectivity index (χ0) is 21.5. The second kappa shape index (κ2) is 9.90. The van der Waals surface area contributed by atoms with Gasteiger partial charge in [0.25, 0.3) is 0 Å². The highest BCUT2D eigenvalue weighted by Gasteiger charge is 2.30. The fourth-order valence-corrected chi connectivity index (χ4v) is 4.02. The van der Waals surface area contributed by atoms with E-state index in [1.807, 2.05) is 30.3 Å². The Morgan fingerprint density at radius 2 is 1.76 bits per heavy atom. The number of nitrogens with zero attached hydrogens (tertiary/aromatic N) is 1. The number of thiocarbonyl (C=S) groups is 1. The van der Waals surface area contributed by atoms with Crippen molar-refractivity contribution in [2.24, 2.45) is 0 Å². The number of hydrogen-bond acceptors (Lipinski definition) is 4. The SMILES string of the molecule is CC(C#N)(CCC(=O)NCc1ccc(C(F)(F)F)cc1)SC(=S)c1ccccc1. The molecule has 2 aromatic rings. The summed E-state index contributed by atoms with van der Waals surface area (Å²) < 4.78 is 37.4. The first-order chi connectivity index (χ1) is 13.6. The average Bonchev–Trinajstić information content (AvgIpc) is 2.71. The number of rotatable bonds is 7. The van der Waals surface area contributed by atoms with Crippen molar-refractivity contribution in [3.05, 3.63) is 71.3 Å². The molecule has 0 fully saturated rings. The van der Waals surface area contributed by atoms with Crippen LogP contribution >= 0.6 is 24.0 Å². The fraction of sp³-hybridized carbons (Fsp3) is 0.286. The Morgan fingerprint density at radius 3 is 2.31 bits per heavy atom. The number of nitriles is 1. The van der Waals surface area contributed by atoms with Crippen molar-refractivity contribution in [1.82, 2.24) is 5.32 Å². The van der Waals surface area contributed by atoms with E-state index in [0.717, 1.165) is 17.7 Å². The van der Waals surface area contributed by atoms with Gasteiger partial charge in [-0.1, -0.05) is 66.4 Å². The second-order valence-corrected chi connectivity index (χ2v) is 8.75. The number of hydrogen-bond donors (Lipinski definition) is 1. The molecule has 2 rings (SSSR count). The third kappa shape index (κ3) is 7.18. The molecule has 1 atom stereocenters. The first-order valence-electron chi connectivity index (χ1n) is 8.75. The molecule has 29 heavy (non-hydrogen) atoms. The lowest BCUT2D eigenvalue weighted by atomic mass is 10.1. The van der Waals surface area contributed by atoms with Gasteiger partial charge in [0.15, 0.2) is 0 Å². The fourth-order valence-electron chi connectivity index (χ4n) is 2.42. The molecule has 1 N–H and O–H groups in total. The van der Waals surface area contributed by atoms with E-state index in [2.05, 4.69) is 11.4 Å². The second-order valence-electron chi connectivity index (χ2n) is 6.57. The van der Waals surface area contributed by atoms with Crippen LogP contribution in [-0.2, 0) is 17.5 Å². The van der Waals surface area contributed by atoms with Gasteiger partial charge in [-0.25, -0.2) is 0 Å². The van der Waals surface area contributed by atoms with Crippen molar-refractivity contribution in [2.75, 3.05) is 0 Å². The van der Waals surface area contributed by atoms with Crippen LogP contribution in [0.5, 0.6) is 0 Å². The Balaban J connectivity index is 1.85. The van der Waals surface area contributed by atoms with Gasteiger partial charge in [0.1, 0.15) is 4.75 Å². The zero-order valence-electron chi connectivity index (χ0n) is 15.6. The quantitative estimate of drug-likeness (QED) is 0.583. The van der Waals surface area contributed by atoms with Gasteiger partial charge in [0, 0.05) is 13.0 Å². The number of nitrogens with one attached hydrogen (secondary N) is 1. The van der Waals surface area contributed by atoms with Crippen LogP contribution in [0, 0.1) is 11.3 Å². The predicted octanol–water partition coefficient (Wildman–Crippen LogP) is 5.49. The van der Waals surface area contributed by atoms with Crippen LogP contribution in [-0.4, -0.2) is 14.9 Å². The van der Waals surface area contributed by atoms with Crippen LogP contribution in [0.4, 0.5) is 13.2 Å². The van der Waals surface area contributed by atoms with Crippen LogP contribution in [0.2, 0.25) is 0 Å². The highest BCUT2D eigenvalue weighted by molar-refractivity contribution is 8.24. The summed E-state index contributed by atoms with van der Waals surface area (Å²) in [5.74, 6) is -0.280. The molecule has 0 saturated carbocycles. The van der Waals surface area contributed by atoms with Crippen molar-refractivity contribution >= 4 is 34.1 Å². The summed E-state index contributed by atoms with van der Waals surface area (Å²) in [4.78, 5) is 12.1. The Hall–Kier alpha value is -2.37. The molecule has 0 aliphatic heterocycles. The number of carbonyl (C=O) groups excluding carboxylic acids is 1. The topological polar surface area (TPSA) is 52.9 Å². The van der Waals surface area contributed by atoms with E-state index in [-0.39, 0.29) is 18.9 Å². The Morgan fingerprint density at radius 1 is 1.14 bits per heavy atom.